The number of hydrogen-bond donors (Lipinski definition) is 2. The van der Waals surface area contributed by atoms with Crippen molar-refractivity contribution in [3.63, 3.8) is 0 Å². The molecule has 1 atom stereocenters. The Hall–Kier alpha value is -2.48. The first-order valence-corrected chi connectivity index (χ1v) is 12.6. The largest absolute Gasteiger partial charge is 0.351 e. The Bertz CT molecular complexity index is 1060. The molecule has 2 fully saturated rings. The van der Waals surface area contributed by atoms with Crippen molar-refractivity contribution >= 4 is 45.0 Å². The lowest BCUT2D eigenvalue weighted by Gasteiger charge is -2.48. The van der Waals surface area contributed by atoms with Crippen molar-refractivity contribution in [2.75, 3.05) is 5.32 Å². The number of anilines is 1. The molecule has 1 aliphatic heterocycles. The fraction of sp³-hybridized carbons (Fsp3) is 0.583. The van der Waals surface area contributed by atoms with Gasteiger partial charge in [-0.1, -0.05) is 19.3 Å². The monoisotopic (exact) mass is 454 g/mol. The van der Waals surface area contributed by atoms with E-state index in [-0.39, 0.29) is 36.2 Å². The number of rotatable bonds is 3. The van der Waals surface area contributed by atoms with Crippen LogP contribution < -0.4 is 10.6 Å². The van der Waals surface area contributed by atoms with Crippen LogP contribution in [0, 0.1) is 0 Å². The molecular weight excluding hydrogens is 424 g/mol. The topological polar surface area (TPSA) is 91.4 Å². The summed E-state index contributed by atoms with van der Waals surface area (Å²) in [6.45, 7) is 1.85. The van der Waals surface area contributed by atoms with E-state index in [9.17, 15) is 14.4 Å². The van der Waals surface area contributed by atoms with Crippen LogP contribution in [0.3, 0.4) is 0 Å². The van der Waals surface area contributed by atoms with Gasteiger partial charge in [0.25, 0.3) is 5.91 Å². The molecule has 2 aromatic heterocycles. The molecule has 1 unspecified atom stereocenters. The predicted molar refractivity (Wildman–Crippen MR) is 125 cm³/mol. The zero-order chi connectivity index (χ0) is 22.3. The van der Waals surface area contributed by atoms with E-state index in [2.05, 4.69) is 15.6 Å². The van der Waals surface area contributed by atoms with Crippen LogP contribution in [0.5, 0.6) is 0 Å². The Morgan fingerprint density at radius 3 is 2.69 bits per heavy atom. The van der Waals surface area contributed by atoms with E-state index in [1.54, 1.807) is 6.20 Å². The van der Waals surface area contributed by atoms with Gasteiger partial charge in [-0.3, -0.25) is 14.4 Å². The SMILES string of the molecule is CC1(C(=O)NC2CCCCC2)CCC(=O)Nc2c(sc3ncccc23)C(=O)N1C1CCC1. The highest BCUT2D eigenvalue weighted by atomic mass is 32.1. The molecule has 0 aromatic carbocycles. The molecule has 2 N–H and O–H groups in total. The maximum absolute atomic E-state index is 14.0. The summed E-state index contributed by atoms with van der Waals surface area (Å²) in [5.41, 5.74) is -0.531. The summed E-state index contributed by atoms with van der Waals surface area (Å²) in [6.07, 6.45) is 10.4. The minimum atomic E-state index is -1.07. The molecule has 0 spiro atoms. The minimum Gasteiger partial charge on any atom is -0.351 e. The van der Waals surface area contributed by atoms with Crippen molar-refractivity contribution in [1.29, 1.82) is 0 Å². The van der Waals surface area contributed by atoms with E-state index >= 15 is 0 Å². The van der Waals surface area contributed by atoms with Gasteiger partial charge in [0.15, 0.2) is 0 Å². The van der Waals surface area contributed by atoms with E-state index in [1.165, 1.54) is 17.8 Å². The average Bonchev–Trinajstić information content (AvgIpc) is 3.13. The van der Waals surface area contributed by atoms with Crippen LogP contribution in [-0.2, 0) is 9.59 Å². The van der Waals surface area contributed by atoms with Gasteiger partial charge < -0.3 is 15.5 Å². The molecule has 2 aliphatic carbocycles. The van der Waals surface area contributed by atoms with Crippen molar-refractivity contribution in [3.05, 3.63) is 23.2 Å². The number of nitrogens with one attached hydrogen (secondary N) is 2. The number of nitrogens with zero attached hydrogens (tertiary/aromatic N) is 2. The van der Waals surface area contributed by atoms with Gasteiger partial charge in [-0.2, -0.15) is 0 Å². The van der Waals surface area contributed by atoms with Gasteiger partial charge in [0.2, 0.25) is 11.8 Å². The number of carbonyl (C=O) groups excluding carboxylic acids is 3. The summed E-state index contributed by atoms with van der Waals surface area (Å²) in [5.74, 6) is -0.467. The summed E-state index contributed by atoms with van der Waals surface area (Å²) in [5, 5.41) is 6.98. The lowest BCUT2D eigenvalue weighted by atomic mass is 9.83. The lowest BCUT2D eigenvalue weighted by molar-refractivity contribution is -0.135. The molecule has 3 aliphatic rings. The van der Waals surface area contributed by atoms with Crippen LogP contribution in [0.15, 0.2) is 18.3 Å². The van der Waals surface area contributed by atoms with Crippen LogP contribution >= 0.6 is 11.3 Å². The van der Waals surface area contributed by atoms with Crippen molar-refractivity contribution in [3.8, 4) is 0 Å². The molecule has 8 heteroatoms. The van der Waals surface area contributed by atoms with Crippen molar-refractivity contribution in [2.45, 2.75) is 88.8 Å². The fourth-order valence-corrected chi connectivity index (χ4v) is 6.28. The second kappa shape index (κ2) is 8.46. The molecule has 2 saturated carbocycles. The Kier molecular flexibility index (Phi) is 5.65. The zero-order valence-corrected chi connectivity index (χ0v) is 19.3. The maximum atomic E-state index is 14.0. The number of thiophene rings is 1. The first-order chi connectivity index (χ1) is 15.5. The van der Waals surface area contributed by atoms with Crippen molar-refractivity contribution in [1.82, 2.24) is 15.2 Å². The number of hydrogen-bond acceptors (Lipinski definition) is 5. The van der Waals surface area contributed by atoms with Gasteiger partial charge in [-0.05, 0) is 57.6 Å². The highest BCUT2D eigenvalue weighted by Gasteiger charge is 2.49. The molecule has 5 rings (SSSR count). The van der Waals surface area contributed by atoms with Gasteiger partial charge in [0.1, 0.15) is 15.2 Å². The Morgan fingerprint density at radius 1 is 1.19 bits per heavy atom. The van der Waals surface area contributed by atoms with Crippen molar-refractivity contribution in [2.24, 2.45) is 0 Å². The minimum absolute atomic E-state index is 0.0174. The van der Waals surface area contributed by atoms with E-state index in [0.717, 1.165) is 50.3 Å². The van der Waals surface area contributed by atoms with Crippen LogP contribution in [0.2, 0.25) is 0 Å². The fourth-order valence-electron chi connectivity index (χ4n) is 5.24. The number of fused-ring (bicyclic) bond motifs is 3. The third-order valence-electron chi connectivity index (χ3n) is 7.38. The van der Waals surface area contributed by atoms with E-state index in [1.807, 2.05) is 24.0 Å². The standard InChI is InChI=1S/C24H30N4O3S/c1-24(23(31)26-15-7-3-2-4-8-15)13-12-18(29)27-19-17-11-6-14-25-21(17)32-20(19)22(30)28(24)16-9-5-10-16/h6,11,14-16H,2-5,7-10,12-13H2,1H3,(H,26,31)(H,27,29). The van der Waals surface area contributed by atoms with Crippen LogP contribution in [-0.4, -0.2) is 45.2 Å². The quantitative estimate of drug-likeness (QED) is 0.726. The molecule has 0 radical (unpaired) electrons. The van der Waals surface area contributed by atoms with E-state index in [0.29, 0.717) is 21.8 Å². The molecule has 0 bridgehead atoms. The average molecular weight is 455 g/mol. The Morgan fingerprint density at radius 2 is 1.97 bits per heavy atom. The molecule has 3 amide bonds. The van der Waals surface area contributed by atoms with Gasteiger partial charge in [-0.25, -0.2) is 4.98 Å². The van der Waals surface area contributed by atoms with Gasteiger partial charge >= 0.3 is 0 Å². The molecule has 170 valence electrons. The van der Waals surface area contributed by atoms with Crippen LogP contribution in [0.4, 0.5) is 5.69 Å². The molecule has 0 saturated heterocycles. The molecule has 2 aromatic rings. The molecule has 7 nitrogen and oxygen atoms in total. The second-order valence-corrected chi connectivity index (χ2v) is 10.6. The van der Waals surface area contributed by atoms with E-state index < -0.39 is 5.54 Å². The molecule has 3 heterocycles. The second-order valence-electron chi connectivity index (χ2n) is 9.55. The first-order valence-electron chi connectivity index (χ1n) is 11.8. The number of carbonyl (C=O) groups is 3. The third kappa shape index (κ3) is 3.68. The Balaban J connectivity index is 1.57. The van der Waals surface area contributed by atoms with Crippen LogP contribution in [0.25, 0.3) is 10.2 Å². The first kappa shape index (κ1) is 21.4. The summed E-state index contributed by atoms with van der Waals surface area (Å²) in [7, 11) is 0. The summed E-state index contributed by atoms with van der Waals surface area (Å²) < 4.78 is 0. The number of pyridine rings is 1. The normalized spacial score (nSPS) is 25.3. The van der Waals surface area contributed by atoms with Gasteiger partial charge in [0, 0.05) is 30.1 Å². The summed E-state index contributed by atoms with van der Waals surface area (Å²) in [4.78, 5) is 48.0. The van der Waals surface area contributed by atoms with Crippen molar-refractivity contribution < 1.29 is 14.4 Å². The lowest BCUT2D eigenvalue weighted by Crippen LogP contribution is -2.64. The predicted octanol–water partition coefficient (Wildman–Crippen LogP) is 4.23. The molecular formula is C24H30N4O3S. The van der Waals surface area contributed by atoms with Gasteiger partial charge in [-0.15, -0.1) is 11.3 Å². The summed E-state index contributed by atoms with van der Waals surface area (Å²) in [6, 6.07) is 3.86. The molecule has 32 heavy (non-hydrogen) atoms. The highest BCUT2D eigenvalue weighted by Crippen LogP contribution is 2.42. The third-order valence-corrected chi connectivity index (χ3v) is 8.49. The smallest absolute Gasteiger partial charge is 0.267 e. The zero-order valence-electron chi connectivity index (χ0n) is 18.5. The number of aromatic nitrogens is 1. The van der Waals surface area contributed by atoms with Gasteiger partial charge in [0.05, 0.1) is 5.69 Å². The summed E-state index contributed by atoms with van der Waals surface area (Å²) >= 11 is 1.30. The van der Waals surface area contributed by atoms with Crippen LogP contribution in [0.1, 0.15) is 80.8 Å². The highest BCUT2D eigenvalue weighted by molar-refractivity contribution is 7.21. The number of amides is 3. The maximum Gasteiger partial charge on any atom is 0.267 e. The Labute approximate surface area is 192 Å². The van der Waals surface area contributed by atoms with E-state index in [4.69, 9.17) is 0 Å².